The molecule has 1 aromatic carbocycles. The fourth-order valence-electron chi connectivity index (χ4n) is 3.64. The largest absolute Gasteiger partial charge is 0.452 e. The van der Waals surface area contributed by atoms with Crippen molar-refractivity contribution in [2.24, 2.45) is 5.92 Å². The molecular formula is C21H26ClN3O3. The van der Waals surface area contributed by atoms with E-state index in [4.69, 9.17) is 16.3 Å². The summed E-state index contributed by atoms with van der Waals surface area (Å²) in [5.41, 5.74) is 2.60. The van der Waals surface area contributed by atoms with Gasteiger partial charge in [0.2, 0.25) is 0 Å². The number of hydrogen-bond acceptors (Lipinski definition) is 4. The maximum Gasteiger partial charge on any atom is 0.342 e. The summed E-state index contributed by atoms with van der Waals surface area (Å²) in [6.07, 6.45) is 2.13. The number of esters is 1. The Morgan fingerprint density at radius 2 is 2.04 bits per heavy atom. The molecule has 1 aliphatic rings. The molecule has 1 aromatic heterocycles. The average molecular weight is 404 g/mol. The van der Waals surface area contributed by atoms with Gasteiger partial charge in [-0.1, -0.05) is 36.7 Å². The van der Waals surface area contributed by atoms with Gasteiger partial charge in [-0.2, -0.15) is 5.10 Å². The highest BCUT2D eigenvalue weighted by Crippen LogP contribution is 2.20. The molecule has 0 aliphatic carbocycles. The van der Waals surface area contributed by atoms with E-state index in [1.807, 2.05) is 31.2 Å². The van der Waals surface area contributed by atoms with Crippen LogP contribution < -0.4 is 0 Å². The minimum Gasteiger partial charge on any atom is -0.452 e. The molecule has 3 rings (SSSR count). The summed E-state index contributed by atoms with van der Waals surface area (Å²) >= 11 is 6.23. The molecule has 7 heteroatoms. The number of carbonyl (C=O) groups is 2. The topological polar surface area (TPSA) is 64.4 Å². The molecular weight excluding hydrogens is 378 g/mol. The van der Waals surface area contributed by atoms with Gasteiger partial charge in [0.25, 0.3) is 5.91 Å². The van der Waals surface area contributed by atoms with Gasteiger partial charge >= 0.3 is 5.97 Å². The Hall–Kier alpha value is -2.34. The molecule has 1 atom stereocenters. The van der Waals surface area contributed by atoms with Gasteiger partial charge in [-0.15, -0.1) is 0 Å². The number of hydrogen-bond donors (Lipinski definition) is 0. The number of halogens is 1. The Bertz CT molecular complexity index is 878. The Kier molecular flexibility index (Phi) is 6.39. The molecule has 1 aliphatic heterocycles. The van der Waals surface area contributed by atoms with Crippen LogP contribution in [0.25, 0.3) is 0 Å². The minimum absolute atomic E-state index is 0.140. The zero-order valence-corrected chi connectivity index (χ0v) is 17.3. The summed E-state index contributed by atoms with van der Waals surface area (Å²) in [7, 11) is 0. The Morgan fingerprint density at radius 3 is 2.75 bits per heavy atom. The molecule has 0 unspecified atom stereocenters. The van der Waals surface area contributed by atoms with Crippen molar-refractivity contribution in [1.29, 1.82) is 0 Å². The Labute approximate surface area is 170 Å². The molecule has 2 heterocycles. The van der Waals surface area contributed by atoms with Gasteiger partial charge in [0, 0.05) is 18.1 Å². The lowest BCUT2D eigenvalue weighted by Crippen LogP contribution is -2.41. The van der Waals surface area contributed by atoms with Crippen molar-refractivity contribution in [2.75, 3.05) is 19.7 Å². The summed E-state index contributed by atoms with van der Waals surface area (Å²) < 4.78 is 7.06. The SMILES string of the molecule is Cc1nn(Cc2ccccc2Cl)c(C)c1C(=O)OCC(=O)N1CCC[C@@H](C)C1. The fourth-order valence-corrected chi connectivity index (χ4v) is 3.84. The molecule has 6 nitrogen and oxygen atoms in total. The van der Waals surface area contributed by atoms with E-state index in [0.29, 0.717) is 34.4 Å². The van der Waals surface area contributed by atoms with Crippen LogP contribution in [0.2, 0.25) is 5.02 Å². The van der Waals surface area contributed by atoms with Crippen LogP contribution in [0, 0.1) is 19.8 Å². The number of ether oxygens (including phenoxy) is 1. The maximum absolute atomic E-state index is 12.6. The van der Waals surface area contributed by atoms with Crippen LogP contribution >= 0.6 is 11.6 Å². The molecule has 0 saturated carbocycles. The highest BCUT2D eigenvalue weighted by Gasteiger charge is 2.24. The standard InChI is InChI=1S/C21H26ClN3O3/c1-14-7-6-10-24(11-14)19(26)13-28-21(27)20-15(2)23-25(16(20)3)12-17-8-4-5-9-18(17)22/h4-5,8-9,14H,6-7,10-13H2,1-3H3/t14-/m1/s1. The zero-order valence-electron chi connectivity index (χ0n) is 16.6. The number of likely N-dealkylation sites (tertiary alicyclic amines) is 1. The van der Waals surface area contributed by atoms with Gasteiger partial charge in [-0.25, -0.2) is 4.79 Å². The monoisotopic (exact) mass is 403 g/mol. The predicted molar refractivity (Wildman–Crippen MR) is 108 cm³/mol. The van der Waals surface area contributed by atoms with E-state index in [2.05, 4.69) is 12.0 Å². The van der Waals surface area contributed by atoms with E-state index in [9.17, 15) is 9.59 Å². The van der Waals surface area contributed by atoms with Gasteiger partial charge in [0.1, 0.15) is 5.56 Å². The van der Waals surface area contributed by atoms with E-state index in [1.54, 1.807) is 16.5 Å². The molecule has 0 bridgehead atoms. The average Bonchev–Trinajstić information content (AvgIpc) is 2.94. The second-order valence-corrected chi connectivity index (χ2v) is 7.87. The van der Waals surface area contributed by atoms with E-state index in [1.165, 1.54) is 0 Å². The van der Waals surface area contributed by atoms with Gasteiger partial charge in [0.15, 0.2) is 6.61 Å². The molecule has 1 amide bonds. The highest BCUT2D eigenvalue weighted by molar-refractivity contribution is 6.31. The smallest absolute Gasteiger partial charge is 0.342 e. The summed E-state index contributed by atoms with van der Waals surface area (Å²) in [4.78, 5) is 26.7. The first-order valence-electron chi connectivity index (χ1n) is 9.59. The minimum atomic E-state index is -0.515. The molecule has 0 radical (unpaired) electrons. The van der Waals surface area contributed by atoms with Gasteiger partial charge in [0.05, 0.1) is 17.9 Å². The number of aromatic nitrogens is 2. The number of benzene rings is 1. The zero-order chi connectivity index (χ0) is 20.3. The van der Waals surface area contributed by atoms with Crippen LogP contribution in [0.3, 0.4) is 0 Å². The van der Waals surface area contributed by atoms with Crippen LogP contribution in [-0.2, 0) is 16.1 Å². The lowest BCUT2D eigenvalue weighted by atomic mass is 10.0. The van der Waals surface area contributed by atoms with Crippen molar-refractivity contribution in [3.63, 3.8) is 0 Å². The summed E-state index contributed by atoms with van der Waals surface area (Å²) in [5, 5.41) is 5.11. The highest BCUT2D eigenvalue weighted by atomic mass is 35.5. The van der Waals surface area contributed by atoms with Crippen molar-refractivity contribution in [2.45, 2.75) is 40.2 Å². The third kappa shape index (κ3) is 4.55. The third-order valence-electron chi connectivity index (χ3n) is 5.20. The van der Waals surface area contributed by atoms with E-state index < -0.39 is 5.97 Å². The molecule has 150 valence electrons. The first-order chi connectivity index (χ1) is 13.4. The van der Waals surface area contributed by atoms with E-state index in [0.717, 1.165) is 31.5 Å². The van der Waals surface area contributed by atoms with Crippen molar-refractivity contribution < 1.29 is 14.3 Å². The van der Waals surface area contributed by atoms with Crippen LogP contribution in [0.15, 0.2) is 24.3 Å². The van der Waals surface area contributed by atoms with Crippen molar-refractivity contribution in [1.82, 2.24) is 14.7 Å². The summed E-state index contributed by atoms with van der Waals surface area (Å²) in [6, 6.07) is 7.53. The quantitative estimate of drug-likeness (QED) is 0.715. The van der Waals surface area contributed by atoms with Crippen LogP contribution in [0.1, 0.15) is 47.1 Å². The third-order valence-corrected chi connectivity index (χ3v) is 5.57. The number of amides is 1. The molecule has 0 N–H and O–H groups in total. The summed E-state index contributed by atoms with van der Waals surface area (Å²) in [6.45, 7) is 7.40. The van der Waals surface area contributed by atoms with Crippen molar-refractivity contribution >= 4 is 23.5 Å². The number of piperidine rings is 1. The Morgan fingerprint density at radius 1 is 1.29 bits per heavy atom. The van der Waals surface area contributed by atoms with Crippen molar-refractivity contribution in [3.8, 4) is 0 Å². The van der Waals surface area contributed by atoms with E-state index in [-0.39, 0.29) is 12.5 Å². The summed E-state index contributed by atoms with van der Waals surface area (Å²) in [5.74, 6) is -0.168. The van der Waals surface area contributed by atoms with Gasteiger partial charge < -0.3 is 9.64 Å². The second-order valence-electron chi connectivity index (χ2n) is 7.46. The molecule has 1 saturated heterocycles. The molecule has 0 spiro atoms. The van der Waals surface area contributed by atoms with Crippen LogP contribution in [0.5, 0.6) is 0 Å². The lowest BCUT2D eigenvalue weighted by molar-refractivity contribution is -0.136. The normalized spacial score (nSPS) is 16.9. The number of rotatable bonds is 5. The molecule has 28 heavy (non-hydrogen) atoms. The lowest BCUT2D eigenvalue weighted by Gasteiger charge is -2.30. The van der Waals surface area contributed by atoms with Gasteiger partial charge in [-0.05, 0) is 44.2 Å². The van der Waals surface area contributed by atoms with Gasteiger partial charge in [-0.3, -0.25) is 9.48 Å². The van der Waals surface area contributed by atoms with Crippen molar-refractivity contribution in [3.05, 3.63) is 51.8 Å². The number of carbonyl (C=O) groups excluding carboxylic acids is 2. The first kappa shape index (κ1) is 20.4. The number of nitrogens with zero attached hydrogens (tertiary/aromatic N) is 3. The Balaban J connectivity index is 1.66. The molecule has 1 fully saturated rings. The predicted octanol–water partition coefficient (Wildman–Crippen LogP) is 3.62. The molecule has 2 aromatic rings. The maximum atomic E-state index is 12.6. The first-order valence-corrected chi connectivity index (χ1v) is 9.97. The van der Waals surface area contributed by atoms with E-state index >= 15 is 0 Å². The fraction of sp³-hybridized carbons (Fsp3) is 0.476. The number of aryl methyl sites for hydroxylation is 1. The second kappa shape index (κ2) is 8.78. The van der Waals surface area contributed by atoms with Crippen LogP contribution in [-0.4, -0.2) is 46.3 Å². The van der Waals surface area contributed by atoms with Crippen LogP contribution in [0.4, 0.5) is 0 Å².